The first-order valence-electron chi connectivity index (χ1n) is 9.84. The van der Waals surface area contributed by atoms with E-state index in [9.17, 15) is 0 Å². The molecular formula is C23H28ClNO. The van der Waals surface area contributed by atoms with E-state index in [4.69, 9.17) is 16.3 Å². The molecule has 4 rings (SSSR count). The normalized spacial score (nSPS) is 26.8. The van der Waals surface area contributed by atoms with Gasteiger partial charge in [0.25, 0.3) is 0 Å². The van der Waals surface area contributed by atoms with Crippen molar-refractivity contribution in [3.63, 3.8) is 0 Å². The minimum Gasteiger partial charge on any atom is -0.369 e. The fourth-order valence-corrected chi connectivity index (χ4v) is 4.89. The van der Waals surface area contributed by atoms with Gasteiger partial charge in [-0.05, 0) is 68.3 Å². The molecule has 2 fully saturated rings. The van der Waals surface area contributed by atoms with Gasteiger partial charge in [-0.3, -0.25) is 0 Å². The van der Waals surface area contributed by atoms with E-state index >= 15 is 0 Å². The molecule has 26 heavy (non-hydrogen) atoms. The maximum absolute atomic E-state index is 6.42. The van der Waals surface area contributed by atoms with E-state index in [-0.39, 0.29) is 6.10 Å². The molecule has 0 aliphatic carbocycles. The van der Waals surface area contributed by atoms with Crippen molar-refractivity contribution in [1.29, 1.82) is 0 Å². The first-order chi connectivity index (χ1) is 12.7. The number of halogens is 1. The Morgan fingerprint density at radius 2 is 1.58 bits per heavy atom. The maximum Gasteiger partial charge on any atom is 0.108 e. The zero-order valence-corrected chi connectivity index (χ0v) is 16.2. The molecule has 138 valence electrons. The van der Waals surface area contributed by atoms with Crippen LogP contribution in [0.4, 0.5) is 0 Å². The lowest BCUT2D eigenvalue weighted by Gasteiger charge is -2.36. The number of hydrogen-bond acceptors (Lipinski definition) is 2. The summed E-state index contributed by atoms with van der Waals surface area (Å²) in [5.41, 5.74) is 2.38. The molecule has 2 nitrogen and oxygen atoms in total. The van der Waals surface area contributed by atoms with E-state index in [1.165, 1.54) is 36.8 Å². The van der Waals surface area contributed by atoms with Gasteiger partial charge in [0.15, 0.2) is 0 Å². The molecule has 2 aromatic rings. The van der Waals surface area contributed by atoms with Crippen molar-refractivity contribution in [1.82, 2.24) is 4.90 Å². The van der Waals surface area contributed by atoms with E-state index < -0.39 is 0 Å². The number of ether oxygens (including phenoxy) is 1. The molecule has 2 aromatic carbocycles. The van der Waals surface area contributed by atoms with Crippen LogP contribution in [0.25, 0.3) is 0 Å². The summed E-state index contributed by atoms with van der Waals surface area (Å²) in [6, 6.07) is 20.2. The van der Waals surface area contributed by atoms with Crippen LogP contribution in [0, 0.1) is 5.92 Å². The van der Waals surface area contributed by atoms with Gasteiger partial charge in [-0.15, -0.1) is 0 Å². The van der Waals surface area contributed by atoms with Crippen LogP contribution < -0.4 is 0 Å². The van der Waals surface area contributed by atoms with E-state index in [0.717, 1.165) is 36.1 Å². The second kappa shape index (κ2) is 8.12. The van der Waals surface area contributed by atoms with Gasteiger partial charge in [0, 0.05) is 23.7 Å². The molecule has 4 atom stereocenters. The standard InChI is InChI=1S/C23H28ClNO/c1-25-21-11-12-22(25)16-17(15-21)13-14-26-23(18-5-3-2-4-6-18)19-7-9-20(24)10-8-19/h2-10,17,21-23H,11-16H2,1H3/t17?,21-,22+,23?. The van der Waals surface area contributed by atoms with Crippen LogP contribution in [0.5, 0.6) is 0 Å². The summed E-state index contributed by atoms with van der Waals surface area (Å²) in [5, 5.41) is 0.766. The Balaban J connectivity index is 1.40. The highest BCUT2D eigenvalue weighted by molar-refractivity contribution is 6.30. The monoisotopic (exact) mass is 369 g/mol. The summed E-state index contributed by atoms with van der Waals surface area (Å²) in [5.74, 6) is 0.811. The van der Waals surface area contributed by atoms with E-state index in [2.05, 4.69) is 54.4 Å². The van der Waals surface area contributed by atoms with E-state index in [1.807, 2.05) is 12.1 Å². The zero-order valence-electron chi connectivity index (χ0n) is 15.5. The molecule has 2 saturated heterocycles. The van der Waals surface area contributed by atoms with Crippen LogP contribution >= 0.6 is 11.6 Å². The SMILES string of the molecule is CN1[C@@H]2CC[C@H]1CC(CCOC(c1ccccc1)c1ccc(Cl)cc1)C2. The molecule has 2 aliphatic heterocycles. The molecule has 3 heteroatoms. The van der Waals surface area contributed by atoms with E-state index in [1.54, 1.807) is 0 Å². The van der Waals surface area contributed by atoms with Crippen LogP contribution in [-0.2, 0) is 4.74 Å². The molecule has 0 radical (unpaired) electrons. The first-order valence-corrected chi connectivity index (χ1v) is 10.2. The molecular weight excluding hydrogens is 342 g/mol. The smallest absolute Gasteiger partial charge is 0.108 e. The predicted octanol–water partition coefficient (Wildman–Crippen LogP) is 5.71. The van der Waals surface area contributed by atoms with Gasteiger partial charge in [0.2, 0.25) is 0 Å². The third kappa shape index (κ3) is 3.98. The summed E-state index contributed by atoms with van der Waals surface area (Å²) >= 11 is 6.07. The molecule has 0 N–H and O–H groups in total. The largest absolute Gasteiger partial charge is 0.369 e. The number of piperidine rings is 1. The highest BCUT2D eigenvalue weighted by Gasteiger charge is 2.38. The quantitative estimate of drug-likeness (QED) is 0.646. The number of rotatable bonds is 6. The minimum absolute atomic E-state index is 0.0172. The van der Waals surface area contributed by atoms with Crippen molar-refractivity contribution in [2.45, 2.75) is 50.3 Å². The summed E-state index contributed by atoms with van der Waals surface area (Å²) in [4.78, 5) is 2.61. The maximum atomic E-state index is 6.42. The minimum atomic E-state index is -0.0172. The summed E-state index contributed by atoms with van der Waals surface area (Å²) < 4.78 is 6.42. The van der Waals surface area contributed by atoms with Crippen molar-refractivity contribution < 1.29 is 4.74 Å². The Bertz CT molecular complexity index is 688. The molecule has 2 bridgehead atoms. The Kier molecular flexibility index (Phi) is 5.63. The van der Waals surface area contributed by atoms with Crippen LogP contribution in [-0.4, -0.2) is 30.6 Å². The molecule has 2 aliphatic rings. The van der Waals surface area contributed by atoms with Crippen molar-refractivity contribution in [3.8, 4) is 0 Å². The molecule has 0 amide bonds. The topological polar surface area (TPSA) is 12.5 Å². The van der Waals surface area contributed by atoms with Gasteiger partial charge in [0.05, 0.1) is 0 Å². The summed E-state index contributed by atoms with van der Waals surface area (Å²) in [6.07, 6.45) is 6.60. The zero-order chi connectivity index (χ0) is 17.9. The second-order valence-electron chi connectivity index (χ2n) is 7.89. The third-order valence-corrected chi connectivity index (χ3v) is 6.53. The second-order valence-corrected chi connectivity index (χ2v) is 8.33. The first kappa shape index (κ1) is 18.0. The lowest BCUT2D eigenvalue weighted by Crippen LogP contribution is -2.40. The Morgan fingerprint density at radius 1 is 0.962 bits per heavy atom. The molecule has 0 aromatic heterocycles. The van der Waals surface area contributed by atoms with E-state index in [0.29, 0.717) is 0 Å². The van der Waals surface area contributed by atoms with Gasteiger partial charge < -0.3 is 9.64 Å². The Labute approximate surface area is 162 Å². The van der Waals surface area contributed by atoms with Crippen molar-refractivity contribution in [3.05, 3.63) is 70.7 Å². The molecule has 2 heterocycles. The van der Waals surface area contributed by atoms with Gasteiger partial charge >= 0.3 is 0 Å². The average molecular weight is 370 g/mol. The fraction of sp³-hybridized carbons (Fsp3) is 0.478. The number of hydrogen-bond donors (Lipinski definition) is 0. The highest BCUT2D eigenvalue weighted by atomic mass is 35.5. The third-order valence-electron chi connectivity index (χ3n) is 6.28. The Hall–Kier alpha value is -1.35. The van der Waals surface area contributed by atoms with Crippen LogP contribution in [0.3, 0.4) is 0 Å². The average Bonchev–Trinajstić information content (AvgIpc) is 2.88. The van der Waals surface area contributed by atoms with Gasteiger partial charge in [-0.1, -0.05) is 54.1 Å². The Morgan fingerprint density at radius 3 is 2.23 bits per heavy atom. The number of fused-ring (bicyclic) bond motifs is 2. The van der Waals surface area contributed by atoms with Crippen molar-refractivity contribution in [2.24, 2.45) is 5.92 Å². The summed E-state index contributed by atoms with van der Waals surface area (Å²) in [7, 11) is 2.31. The molecule has 2 unspecified atom stereocenters. The number of benzene rings is 2. The lowest BCUT2D eigenvalue weighted by atomic mass is 9.89. The fourth-order valence-electron chi connectivity index (χ4n) is 4.76. The molecule has 0 spiro atoms. The number of nitrogens with zero attached hydrogens (tertiary/aromatic N) is 1. The lowest BCUT2D eigenvalue weighted by molar-refractivity contribution is 0.0522. The van der Waals surface area contributed by atoms with Crippen LogP contribution in [0.2, 0.25) is 5.02 Å². The van der Waals surface area contributed by atoms with Gasteiger partial charge in [-0.2, -0.15) is 0 Å². The summed E-state index contributed by atoms with van der Waals surface area (Å²) in [6.45, 7) is 0.815. The van der Waals surface area contributed by atoms with Crippen LogP contribution in [0.15, 0.2) is 54.6 Å². The highest BCUT2D eigenvalue weighted by Crippen LogP contribution is 2.39. The van der Waals surface area contributed by atoms with Crippen molar-refractivity contribution in [2.75, 3.05) is 13.7 Å². The van der Waals surface area contributed by atoms with Crippen LogP contribution in [0.1, 0.15) is 49.3 Å². The molecule has 0 saturated carbocycles. The van der Waals surface area contributed by atoms with Gasteiger partial charge in [-0.25, -0.2) is 0 Å². The van der Waals surface area contributed by atoms with Gasteiger partial charge in [0.1, 0.15) is 6.10 Å². The van der Waals surface area contributed by atoms with Crippen molar-refractivity contribution >= 4 is 11.6 Å². The predicted molar refractivity (Wildman–Crippen MR) is 108 cm³/mol.